The Bertz CT molecular complexity index is 4110. The van der Waals surface area contributed by atoms with Crippen LogP contribution in [0.5, 0.6) is 0 Å². The first-order valence-corrected chi connectivity index (χ1v) is 26.2. The lowest BCUT2D eigenvalue weighted by atomic mass is 10.1. The topological polar surface area (TPSA) is 14.8 Å². The molecule has 0 aliphatic heterocycles. The number of hydrogen-bond donors (Lipinski definition) is 0. The van der Waals surface area contributed by atoms with E-state index in [4.69, 9.17) is 0 Å². The highest BCUT2D eigenvalue weighted by Gasteiger charge is 2.41. The second-order valence-electron chi connectivity index (χ2n) is 18.4. The minimum absolute atomic E-state index is 1.11. The predicted molar refractivity (Wildman–Crippen MR) is 299 cm³/mol. The summed E-state index contributed by atoms with van der Waals surface area (Å²) in [6.07, 6.45) is 0. The lowest BCUT2D eigenvalue weighted by molar-refractivity contribution is 1.13. The highest BCUT2D eigenvalue weighted by atomic mass is 28.3. The average molecular weight is 908 g/mol. The summed E-state index contributed by atoms with van der Waals surface area (Å²) >= 11 is 0. The third kappa shape index (κ3) is 6.00. The average Bonchev–Trinajstić information content (AvgIpc) is 4.08. The molecular formula is C66H45N3Si. The molecule has 0 aliphatic rings. The summed E-state index contributed by atoms with van der Waals surface area (Å²) in [5, 5.41) is 12.8. The van der Waals surface area contributed by atoms with Crippen LogP contribution in [-0.2, 0) is 0 Å². The van der Waals surface area contributed by atoms with Crippen molar-refractivity contribution in [3.8, 4) is 28.2 Å². The van der Waals surface area contributed by atoms with Gasteiger partial charge in [-0.05, 0) is 86.5 Å². The van der Waals surface area contributed by atoms with Crippen molar-refractivity contribution in [2.75, 3.05) is 0 Å². The Morgan fingerprint density at radius 3 is 1.24 bits per heavy atom. The molecule has 0 saturated carbocycles. The molecule has 3 aromatic heterocycles. The van der Waals surface area contributed by atoms with Crippen molar-refractivity contribution in [1.29, 1.82) is 0 Å². The summed E-state index contributed by atoms with van der Waals surface area (Å²) in [4.78, 5) is 0. The zero-order chi connectivity index (χ0) is 46.2. The molecule has 11 aromatic carbocycles. The first-order chi connectivity index (χ1) is 34.8. The zero-order valence-electron chi connectivity index (χ0n) is 38.3. The van der Waals surface area contributed by atoms with E-state index in [-0.39, 0.29) is 0 Å². The first kappa shape index (κ1) is 40.1. The molecule has 0 saturated heterocycles. The smallest absolute Gasteiger partial charge is 0.179 e. The Morgan fingerprint density at radius 2 is 0.671 bits per heavy atom. The number of rotatable bonds is 8. The van der Waals surface area contributed by atoms with Crippen LogP contribution < -0.4 is 20.7 Å². The molecule has 0 unspecified atom stereocenters. The van der Waals surface area contributed by atoms with Crippen LogP contribution in [0.25, 0.3) is 93.6 Å². The number of aromatic nitrogens is 3. The minimum atomic E-state index is -2.86. The van der Waals surface area contributed by atoms with E-state index in [1.807, 2.05) is 0 Å². The van der Waals surface area contributed by atoms with Crippen LogP contribution in [0.15, 0.2) is 273 Å². The van der Waals surface area contributed by atoms with Crippen LogP contribution in [0.4, 0.5) is 0 Å². The SMILES string of the molecule is c1ccc(-c2ccc(-n3c4ccccc4c4ccc(-n5c6ccc([Si](c7ccccc7)(c7ccccc7)c7ccccc7)cc6c6cccc(-n7c8ccccc8c8ccccc87)c65)cc43)cc2)cc1. The third-order valence-corrected chi connectivity index (χ3v) is 19.6. The van der Waals surface area contributed by atoms with Gasteiger partial charge in [-0.25, -0.2) is 0 Å². The fraction of sp³-hybridized carbons (Fsp3) is 0. The van der Waals surface area contributed by atoms with E-state index in [1.54, 1.807) is 0 Å². The Kier molecular flexibility index (Phi) is 9.23. The summed E-state index contributed by atoms with van der Waals surface area (Å²) in [5.41, 5.74) is 12.8. The highest BCUT2D eigenvalue weighted by Crippen LogP contribution is 2.41. The predicted octanol–water partition coefficient (Wildman–Crippen LogP) is 14.0. The van der Waals surface area contributed by atoms with Crippen LogP contribution in [0.2, 0.25) is 0 Å². The summed E-state index contributed by atoms with van der Waals surface area (Å²) in [6, 6.07) is 101. The highest BCUT2D eigenvalue weighted by molar-refractivity contribution is 7.20. The molecule has 70 heavy (non-hydrogen) atoms. The van der Waals surface area contributed by atoms with Gasteiger partial charge in [0.2, 0.25) is 0 Å². The second-order valence-corrected chi connectivity index (χ2v) is 22.2. The molecular weight excluding hydrogens is 863 g/mol. The Hall–Kier alpha value is -8.96. The maximum atomic E-state index is 2.55. The van der Waals surface area contributed by atoms with Crippen molar-refractivity contribution < 1.29 is 0 Å². The number of hydrogen-bond acceptors (Lipinski definition) is 0. The van der Waals surface area contributed by atoms with Gasteiger partial charge in [0.15, 0.2) is 8.07 Å². The van der Waals surface area contributed by atoms with Crippen molar-refractivity contribution in [3.63, 3.8) is 0 Å². The second kappa shape index (κ2) is 16.1. The molecule has 0 radical (unpaired) electrons. The third-order valence-electron chi connectivity index (χ3n) is 14.8. The molecule has 0 bridgehead atoms. The maximum absolute atomic E-state index is 2.86. The van der Waals surface area contributed by atoms with Crippen molar-refractivity contribution in [2.24, 2.45) is 0 Å². The van der Waals surface area contributed by atoms with Gasteiger partial charge < -0.3 is 13.7 Å². The van der Waals surface area contributed by atoms with E-state index >= 15 is 0 Å². The quantitative estimate of drug-likeness (QED) is 0.107. The molecule has 0 aliphatic carbocycles. The number of nitrogens with zero attached hydrogens (tertiary/aromatic N) is 3. The maximum Gasteiger partial charge on any atom is 0.179 e. The van der Waals surface area contributed by atoms with Gasteiger partial charge in [0.05, 0.1) is 38.8 Å². The van der Waals surface area contributed by atoms with Gasteiger partial charge in [-0.15, -0.1) is 0 Å². The van der Waals surface area contributed by atoms with E-state index in [2.05, 4.69) is 287 Å². The van der Waals surface area contributed by atoms with Gasteiger partial charge in [-0.3, -0.25) is 0 Å². The Morgan fingerprint density at radius 1 is 0.229 bits per heavy atom. The Labute approximate surface area is 407 Å². The monoisotopic (exact) mass is 907 g/mol. The molecule has 3 nitrogen and oxygen atoms in total. The molecule has 14 aromatic rings. The van der Waals surface area contributed by atoms with Crippen molar-refractivity contribution in [3.05, 3.63) is 273 Å². The molecule has 0 atom stereocenters. The van der Waals surface area contributed by atoms with Crippen LogP contribution in [0, 0.1) is 0 Å². The van der Waals surface area contributed by atoms with Gasteiger partial charge in [-0.1, -0.05) is 218 Å². The molecule has 0 fully saturated rings. The van der Waals surface area contributed by atoms with Crippen LogP contribution >= 0.6 is 0 Å². The molecule has 0 N–H and O–H groups in total. The van der Waals surface area contributed by atoms with Gasteiger partial charge in [0.25, 0.3) is 0 Å². The van der Waals surface area contributed by atoms with E-state index in [0.717, 1.165) is 22.6 Å². The Balaban J connectivity index is 1.09. The van der Waals surface area contributed by atoms with Crippen molar-refractivity contribution >= 4 is 94.2 Å². The summed E-state index contributed by atoms with van der Waals surface area (Å²) in [5.74, 6) is 0. The van der Waals surface area contributed by atoms with Gasteiger partial charge >= 0.3 is 0 Å². The van der Waals surface area contributed by atoms with Gasteiger partial charge in [0.1, 0.15) is 0 Å². The van der Waals surface area contributed by atoms with E-state index in [1.165, 1.54) is 91.8 Å². The van der Waals surface area contributed by atoms with Gasteiger partial charge in [-0.2, -0.15) is 0 Å². The molecule has 0 amide bonds. The summed E-state index contributed by atoms with van der Waals surface area (Å²) in [7, 11) is -2.86. The lowest BCUT2D eigenvalue weighted by Crippen LogP contribution is -2.74. The van der Waals surface area contributed by atoms with Crippen molar-refractivity contribution in [2.45, 2.75) is 0 Å². The fourth-order valence-electron chi connectivity index (χ4n) is 11.8. The van der Waals surface area contributed by atoms with E-state index in [9.17, 15) is 0 Å². The van der Waals surface area contributed by atoms with Crippen molar-refractivity contribution in [1.82, 2.24) is 13.7 Å². The molecule has 0 spiro atoms. The molecule has 3 heterocycles. The normalized spacial score (nSPS) is 12.0. The van der Waals surface area contributed by atoms with E-state index in [0.29, 0.717) is 0 Å². The largest absolute Gasteiger partial charge is 0.309 e. The van der Waals surface area contributed by atoms with Gasteiger partial charge in [0, 0.05) is 43.7 Å². The minimum Gasteiger partial charge on any atom is -0.309 e. The fourth-order valence-corrected chi connectivity index (χ4v) is 16.6. The van der Waals surface area contributed by atoms with Crippen LogP contribution in [-0.4, -0.2) is 21.8 Å². The number of benzene rings is 11. The van der Waals surface area contributed by atoms with Crippen LogP contribution in [0.3, 0.4) is 0 Å². The first-order valence-electron chi connectivity index (χ1n) is 24.2. The standard InChI is InChI=1S/C66H45N3Si/c1-5-20-46(21-6-1)47-36-38-48(39-37-47)67-60-32-16-13-30-56(60)57-42-40-49(44-65(57)67)68-63-43-41-53(70(50-22-7-2-8-23-50,51-24-9-3-10-25-51)52-26-11-4-12-27-52)45-59(63)58-31-19-35-64(66(58)68)69-61-33-17-14-28-54(61)55-29-15-18-34-62(55)69/h1-45H. The number of para-hydroxylation sites is 4. The number of fused-ring (bicyclic) bond motifs is 9. The molecule has 328 valence electrons. The van der Waals surface area contributed by atoms with Crippen LogP contribution in [0.1, 0.15) is 0 Å². The molecule has 14 rings (SSSR count). The van der Waals surface area contributed by atoms with E-state index < -0.39 is 8.07 Å². The molecule has 4 heteroatoms. The lowest BCUT2D eigenvalue weighted by Gasteiger charge is -2.34. The summed E-state index contributed by atoms with van der Waals surface area (Å²) < 4.78 is 7.48. The zero-order valence-corrected chi connectivity index (χ0v) is 39.3. The summed E-state index contributed by atoms with van der Waals surface area (Å²) in [6.45, 7) is 0.